The number of carbonyl (C=O) groups is 1. The number of rotatable bonds is 5. The van der Waals surface area contributed by atoms with Crippen LogP contribution in [0.2, 0.25) is 0 Å². The quantitative estimate of drug-likeness (QED) is 0.892. The SMILES string of the molecule is CC(C)(CCC(=O)N1CCOC[C@@H]1[C@@H]1CCC[C@H]1O)c1ccccc1. The van der Waals surface area contributed by atoms with Gasteiger partial charge in [0.05, 0.1) is 25.4 Å². The zero-order chi connectivity index (χ0) is 17.9. The second kappa shape index (κ2) is 7.88. The Morgan fingerprint density at radius 3 is 2.72 bits per heavy atom. The number of ether oxygens (including phenoxy) is 1. The number of aliphatic hydroxyl groups is 1. The van der Waals surface area contributed by atoms with Gasteiger partial charge in [0, 0.05) is 18.9 Å². The van der Waals surface area contributed by atoms with E-state index in [0.29, 0.717) is 26.2 Å². The lowest BCUT2D eigenvalue weighted by Gasteiger charge is -2.40. The summed E-state index contributed by atoms with van der Waals surface area (Å²) in [6, 6.07) is 10.4. The molecule has 0 spiro atoms. The van der Waals surface area contributed by atoms with Crippen LogP contribution in [0.5, 0.6) is 0 Å². The molecule has 1 heterocycles. The molecule has 4 nitrogen and oxygen atoms in total. The first-order chi connectivity index (χ1) is 12.0. The number of amides is 1. The first kappa shape index (κ1) is 18.4. The summed E-state index contributed by atoms with van der Waals surface area (Å²) >= 11 is 0. The minimum Gasteiger partial charge on any atom is -0.393 e. The third-order valence-electron chi connectivity index (χ3n) is 6.03. The molecule has 1 N–H and O–H groups in total. The fraction of sp³-hybridized carbons (Fsp3) is 0.667. The predicted octanol–water partition coefficient (Wildman–Crippen LogP) is 3.13. The first-order valence-electron chi connectivity index (χ1n) is 9.60. The smallest absolute Gasteiger partial charge is 0.223 e. The van der Waals surface area contributed by atoms with E-state index in [4.69, 9.17) is 4.74 Å². The summed E-state index contributed by atoms with van der Waals surface area (Å²) in [6.45, 7) is 6.22. The van der Waals surface area contributed by atoms with Crippen LogP contribution in [0, 0.1) is 5.92 Å². The van der Waals surface area contributed by atoms with Gasteiger partial charge >= 0.3 is 0 Å². The zero-order valence-corrected chi connectivity index (χ0v) is 15.5. The van der Waals surface area contributed by atoms with Crippen molar-refractivity contribution >= 4 is 5.91 Å². The standard InChI is InChI=1S/C21H31NO3/c1-21(2,16-7-4-3-5-8-16)12-11-20(24)22-13-14-25-15-18(22)17-9-6-10-19(17)23/h3-5,7-8,17-19,23H,6,9-15H2,1-2H3/t17-,18+,19+/m0/s1. The lowest BCUT2D eigenvalue weighted by atomic mass is 9.80. The molecular formula is C21H31NO3. The van der Waals surface area contributed by atoms with Crippen LogP contribution in [0.25, 0.3) is 0 Å². The van der Waals surface area contributed by atoms with Gasteiger partial charge in [-0.1, -0.05) is 50.6 Å². The number of morpholine rings is 1. The van der Waals surface area contributed by atoms with Gasteiger partial charge in [-0.15, -0.1) is 0 Å². The molecular weight excluding hydrogens is 314 g/mol. The maximum absolute atomic E-state index is 12.9. The molecule has 1 amide bonds. The highest BCUT2D eigenvalue weighted by Gasteiger charge is 2.39. The van der Waals surface area contributed by atoms with Crippen molar-refractivity contribution in [3.8, 4) is 0 Å². The number of benzene rings is 1. The Labute approximate surface area is 151 Å². The molecule has 138 valence electrons. The summed E-state index contributed by atoms with van der Waals surface area (Å²) in [4.78, 5) is 14.9. The van der Waals surface area contributed by atoms with Crippen LogP contribution < -0.4 is 0 Å². The molecule has 2 aliphatic rings. The third-order valence-corrected chi connectivity index (χ3v) is 6.03. The Bertz CT molecular complexity index is 572. The molecule has 2 fully saturated rings. The fourth-order valence-corrected chi connectivity index (χ4v) is 4.30. The summed E-state index contributed by atoms with van der Waals surface area (Å²) in [5.41, 5.74) is 1.25. The van der Waals surface area contributed by atoms with Gasteiger partial charge in [-0.3, -0.25) is 4.79 Å². The van der Waals surface area contributed by atoms with Gasteiger partial charge in [0.15, 0.2) is 0 Å². The van der Waals surface area contributed by atoms with E-state index in [9.17, 15) is 9.90 Å². The molecule has 1 aromatic rings. The molecule has 0 bridgehead atoms. The maximum atomic E-state index is 12.9. The summed E-state index contributed by atoms with van der Waals surface area (Å²) in [5.74, 6) is 0.378. The van der Waals surface area contributed by atoms with Crippen molar-refractivity contribution < 1.29 is 14.6 Å². The maximum Gasteiger partial charge on any atom is 0.223 e. The van der Waals surface area contributed by atoms with Gasteiger partial charge in [-0.05, 0) is 30.2 Å². The number of hydrogen-bond donors (Lipinski definition) is 1. The van der Waals surface area contributed by atoms with Crippen LogP contribution in [0.1, 0.15) is 51.5 Å². The van der Waals surface area contributed by atoms with Gasteiger partial charge < -0.3 is 14.7 Å². The molecule has 0 aromatic heterocycles. The Hall–Kier alpha value is -1.39. The predicted molar refractivity (Wildman–Crippen MR) is 98.4 cm³/mol. The highest BCUT2D eigenvalue weighted by atomic mass is 16.5. The van der Waals surface area contributed by atoms with Crippen molar-refractivity contribution in [2.45, 2.75) is 63.5 Å². The Kier molecular flexibility index (Phi) is 5.80. The second-order valence-corrected chi connectivity index (χ2v) is 8.14. The van der Waals surface area contributed by atoms with Crippen molar-refractivity contribution in [3.63, 3.8) is 0 Å². The van der Waals surface area contributed by atoms with Crippen molar-refractivity contribution in [1.29, 1.82) is 0 Å². The highest BCUT2D eigenvalue weighted by molar-refractivity contribution is 5.76. The molecule has 3 rings (SSSR count). The molecule has 3 atom stereocenters. The van der Waals surface area contributed by atoms with Crippen LogP contribution in [-0.4, -0.2) is 47.8 Å². The van der Waals surface area contributed by atoms with Gasteiger partial charge in [0.2, 0.25) is 5.91 Å². The molecule has 1 saturated carbocycles. The van der Waals surface area contributed by atoms with Crippen LogP contribution in [0.4, 0.5) is 0 Å². The van der Waals surface area contributed by atoms with Gasteiger partial charge in [0.1, 0.15) is 0 Å². The molecule has 4 heteroatoms. The topological polar surface area (TPSA) is 49.8 Å². The van der Waals surface area contributed by atoms with E-state index < -0.39 is 0 Å². The van der Waals surface area contributed by atoms with E-state index in [1.165, 1.54) is 5.56 Å². The summed E-state index contributed by atoms with van der Waals surface area (Å²) in [7, 11) is 0. The normalized spacial score (nSPS) is 27.5. The fourth-order valence-electron chi connectivity index (χ4n) is 4.30. The van der Waals surface area contributed by atoms with Crippen molar-refractivity contribution in [1.82, 2.24) is 4.90 Å². The monoisotopic (exact) mass is 345 g/mol. The molecule has 25 heavy (non-hydrogen) atoms. The molecule has 0 unspecified atom stereocenters. The van der Waals surface area contributed by atoms with E-state index >= 15 is 0 Å². The highest BCUT2D eigenvalue weighted by Crippen LogP contribution is 2.33. The van der Waals surface area contributed by atoms with E-state index in [1.807, 2.05) is 11.0 Å². The van der Waals surface area contributed by atoms with Crippen molar-refractivity contribution in [2.24, 2.45) is 5.92 Å². The summed E-state index contributed by atoms with van der Waals surface area (Å²) in [6.07, 6.45) is 3.97. The van der Waals surface area contributed by atoms with Crippen LogP contribution in [0.3, 0.4) is 0 Å². The van der Waals surface area contributed by atoms with Crippen LogP contribution in [-0.2, 0) is 14.9 Å². The van der Waals surface area contributed by atoms with Crippen molar-refractivity contribution in [3.05, 3.63) is 35.9 Å². The Morgan fingerprint density at radius 1 is 1.28 bits per heavy atom. The summed E-state index contributed by atoms with van der Waals surface area (Å²) < 4.78 is 5.63. The van der Waals surface area contributed by atoms with Crippen molar-refractivity contribution in [2.75, 3.05) is 19.8 Å². The minimum atomic E-state index is -0.289. The van der Waals surface area contributed by atoms with Gasteiger partial charge in [-0.2, -0.15) is 0 Å². The lowest BCUT2D eigenvalue weighted by Crippen LogP contribution is -2.53. The number of carbonyl (C=O) groups excluding carboxylic acids is 1. The largest absolute Gasteiger partial charge is 0.393 e. The van der Waals surface area contributed by atoms with E-state index in [2.05, 4.69) is 38.1 Å². The average molecular weight is 345 g/mol. The third kappa shape index (κ3) is 4.24. The van der Waals surface area contributed by atoms with E-state index in [0.717, 1.165) is 25.7 Å². The molecule has 0 radical (unpaired) electrons. The molecule has 1 saturated heterocycles. The second-order valence-electron chi connectivity index (χ2n) is 8.14. The minimum absolute atomic E-state index is 0.0222. The van der Waals surface area contributed by atoms with Gasteiger partial charge in [0.25, 0.3) is 0 Å². The zero-order valence-electron chi connectivity index (χ0n) is 15.5. The number of aliphatic hydroxyl groups excluding tert-OH is 1. The number of hydrogen-bond acceptors (Lipinski definition) is 3. The number of nitrogens with zero attached hydrogens (tertiary/aromatic N) is 1. The van der Waals surface area contributed by atoms with Crippen LogP contribution >= 0.6 is 0 Å². The Balaban J connectivity index is 1.63. The Morgan fingerprint density at radius 2 is 2.04 bits per heavy atom. The summed E-state index contributed by atoms with van der Waals surface area (Å²) in [5, 5.41) is 10.3. The lowest BCUT2D eigenvalue weighted by molar-refractivity contribution is -0.144. The molecule has 1 aliphatic heterocycles. The van der Waals surface area contributed by atoms with Gasteiger partial charge in [-0.25, -0.2) is 0 Å². The molecule has 1 aliphatic carbocycles. The molecule has 1 aromatic carbocycles. The van der Waals surface area contributed by atoms with E-state index in [-0.39, 0.29) is 29.4 Å². The average Bonchev–Trinajstić information content (AvgIpc) is 3.06. The van der Waals surface area contributed by atoms with Crippen LogP contribution in [0.15, 0.2) is 30.3 Å². The first-order valence-corrected chi connectivity index (χ1v) is 9.60. The van der Waals surface area contributed by atoms with E-state index in [1.54, 1.807) is 0 Å².